The van der Waals surface area contributed by atoms with Crippen LogP contribution in [0.25, 0.3) is 22.3 Å². The van der Waals surface area contributed by atoms with Crippen LogP contribution >= 0.6 is 11.6 Å². The highest BCUT2D eigenvalue weighted by Gasteiger charge is 2.26. The summed E-state index contributed by atoms with van der Waals surface area (Å²) < 4.78 is 5.36. The van der Waals surface area contributed by atoms with E-state index in [1.165, 1.54) is 0 Å². The van der Waals surface area contributed by atoms with Crippen molar-refractivity contribution in [2.75, 3.05) is 26.3 Å². The lowest BCUT2D eigenvalue weighted by atomic mass is 9.93. The molecule has 0 bridgehead atoms. The van der Waals surface area contributed by atoms with Crippen LogP contribution in [0.15, 0.2) is 54.6 Å². The Kier molecular flexibility index (Phi) is 5.00. The van der Waals surface area contributed by atoms with Gasteiger partial charge in [0, 0.05) is 29.2 Å². The number of rotatable bonds is 3. The number of ether oxygens (including phenoxy) is 1. The third-order valence-electron chi connectivity index (χ3n) is 6.01. The van der Waals surface area contributed by atoms with E-state index in [1.54, 1.807) is 0 Å². The predicted octanol–water partition coefficient (Wildman–Crippen LogP) is 4.15. The zero-order chi connectivity index (χ0) is 21.5. The molecule has 0 unspecified atom stereocenters. The molecule has 0 atom stereocenters. The molecule has 0 aromatic heterocycles. The van der Waals surface area contributed by atoms with Gasteiger partial charge in [-0.3, -0.25) is 9.59 Å². The number of nitrogens with zero attached hydrogens (tertiary/aromatic N) is 1. The molecule has 0 saturated carbocycles. The molecule has 1 fully saturated rings. The van der Waals surface area contributed by atoms with E-state index in [0.29, 0.717) is 48.9 Å². The summed E-state index contributed by atoms with van der Waals surface area (Å²) in [6.45, 7) is 2.32. The molecule has 1 heterocycles. The van der Waals surface area contributed by atoms with Gasteiger partial charge in [0.25, 0.3) is 5.91 Å². The summed E-state index contributed by atoms with van der Waals surface area (Å²) in [5.41, 5.74) is 12.7. The van der Waals surface area contributed by atoms with Crippen LogP contribution in [0.2, 0.25) is 5.02 Å². The molecule has 0 radical (unpaired) electrons. The molecule has 3 aromatic carbocycles. The number of hydrogen-bond donors (Lipinski definition) is 1. The van der Waals surface area contributed by atoms with Crippen LogP contribution in [0.3, 0.4) is 0 Å². The number of halogens is 1. The van der Waals surface area contributed by atoms with Gasteiger partial charge in [0.2, 0.25) is 5.91 Å². The zero-order valence-electron chi connectivity index (χ0n) is 16.9. The molecule has 2 amide bonds. The molecule has 2 N–H and O–H groups in total. The Labute approximate surface area is 185 Å². The second-order valence-electron chi connectivity index (χ2n) is 7.87. The van der Waals surface area contributed by atoms with Gasteiger partial charge in [-0.05, 0) is 76.2 Å². The summed E-state index contributed by atoms with van der Waals surface area (Å²) in [7, 11) is 0. The van der Waals surface area contributed by atoms with Gasteiger partial charge in [0.05, 0.1) is 13.2 Å². The maximum Gasteiger partial charge on any atom is 0.254 e. The number of fused-ring (bicyclic) bond motifs is 3. The standard InChI is InChI=1S/C25H21ClN2O3/c26-19-5-3-15(4-6-19)18-13-21-20-12-17(25(30)28-7-9-31-10-8-28)2-1-16(20)11-22(21)23(14-18)24(27)29/h1-6,12-14H,7-11H2,(H2,27,29). The third kappa shape index (κ3) is 3.60. The van der Waals surface area contributed by atoms with Crippen LogP contribution in [-0.4, -0.2) is 43.0 Å². The second-order valence-corrected chi connectivity index (χ2v) is 8.31. The number of morpholine rings is 1. The fourth-order valence-corrected chi connectivity index (χ4v) is 4.51. The zero-order valence-corrected chi connectivity index (χ0v) is 17.6. The summed E-state index contributed by atoms with van der Waals surface area (Å²) in [6, 6.07) is 17.2. The van der Waals surface area contributed by atoms with Gasteiger partial charge >= 0.3 is 0 Å². The van der Waals surface area contributed by atoms with Crippen LogP contribution in [-0.2, 0) is 11.2 Å². The fraction of sp³-hybridized carbons (Fsp3) is 0.200. The molecule has 156 valence electrons. The van der Waals surface area contributed by atoms with E-state index in [1.807, 2.05) is 53.4 Å². The monoisotopic (exact) mass is 432 g/mol. The average molecular weight is 433 g/mol. The topological polar surface area (TPSA) is 72.6 Å². The SMILES string of the molecule is NC(=O)c1cc(-c2ccc(Cl)cc2)cc2c1Cc1ccc(C(=O)N3CCOCC3)cc1-2. The lowest BCUT2D eigenvalue weighted by Gasteiger charge is -2.27. The second kappa shape index (κ2) is 7.84. The lowest BCUT2D eigenvalue weighted by Crippen LogP contribution is -2.40. The Hall–Kier alpha value is -3.15. The van der Waals surface area contributed by atoms with Crippen LogP contribution in [0.4, 0.5) is 0 Å². The van der Waals surface area contributed by atoms with Gasteiger partial charge in [-0.25, -0.2) is 0 Å². The van der Waals surface area contributed by atoms with E-state index in [9.17, 15) is 9.59 Å². The van der Waals surface area contributed by atoms with Crippen molar-refractivity contribution in [3.05, 3.63) is 81.9 Å². The van der Waals surface area contributed by atoms with E-state index in [-0.39, 0.29) is 5.91 Å². The van der Waals surface area contributed by atoms with E-state index in [4.69, 9.17) is 22.1 Å². The van der Waals surface area contributed by atoms with E-state index in [2.05, 4.69) is 6.07 Å². The molecule has 2 aliphatic rings. The third-order valence-corrected chi connectivity index (χ3v) is 6.26. The number of hydrogen-bond acceptors (Lipinski definition) is 3. The Balaban J connectivity index is 1.60. The maximum atomic E-state index is 13.0. The Morgan fingerprint density at radius 1 is 0.903 bits per heavy atom. The highest BCUT2D eigenvalue weighted by Crippen LogP contribution is 2.41. The Bertz CT molecular complexity index is 1200. The number of carbonyl (C=O) groups is 2. The van der Waals surface area contributed by atoms with Crippen LogP contribution in [0, 0.1) is 0 Å². The molecule has 1 aliphatic heterocycles. The van der Waals surface area contributed by atoms with Gasteiger partial charge in [-0.2, -0.15) is 0 Å². The molecule has 3 aromatic rings. The maximum absolute atomic E-state index is 13.0. The Morgan fingerprint density at radius 3 is 2.35 bits per heavy atom. The summed E-state index contributed by atoms with van der Waals surface area (Å²) in [4.78, 5) is 27.1. The van der Waals surface area contributed by atoms with Gasteiger partial charge in [-0.1, -0.05) is 29.8 Å². The molecule has 31 heavy (non-hydrogen) atoms. The first-order chi connectivity index (χ1) is 15.0. The number of amides is 2. The molecule has 1 saturated heterocycles. The Morgan fingerprint density at radius 2 is 1.65 bits per heavy atom. The number of nitrogens with two attached hydrogens (primary N) is 1. The fourth-order valence-electron chi connectivity index (χ4n) is 4.39. The smallest absolute Gasteiger partial charge is 0.254 e. The van der Waals surface area contributed by atoms with Crippen molar-refractivity contribution < 1.29 is 14.3 Å². The summed E-state index contributed by atoms with van der Waals surface area (Å²) in [5.74, 6) is -0.451. The minimum absolute atomic E-state index is 0.00327. The lowest BCUT2D eigenvalue weighted by molar-refractivity contribution is 0.0303. The quantitative estimate of drug-likeness (QED) is 0.528. The molecule has 6 heteroatoms. The first kappa shape index (κ1) is 19.8. The number of benzene rings is 3. The van der Waals surface area contributed by atoms with Gasteiger partial charge in [0.1, 0.15) is 0 Å². The largest absolute Gasteiger partial charge is 0.378 e. The average Bonchev–Trinajstić information content (AvgIpc) is 3.16. The molecule has 0 spiro atoms. The summed E-state index contributed by atoms with van der Waals surface area (Å²) >= 11 is 6.03. The van der Waals surface area contributed by atoms with Crippen molar-refractivity contribution in [2.24, 2.45) is 5.73 Å². The van der Waals surface area contributed by atoms with E-state index >= 15 is 0 Å². The van der Waals surface area contributed by atoms with Crippen molar-refractivity contribution in [2.45, 2.75) is 6.42 Å². The first-order valence-corrected chi connectivity index (χ1v) is 10.6. The van der Waals surface area contributed by atoms with E-state index in [0.717, 1.165) is 33.4 Å². The van der Waals surface area contributed by atoms with Crippen LogP contribution in [0.1, 0.15) is 31.8 Å². The van der Waals surface area contributed by atoms with Crippen LogP contribution < -0.4 is 5.73 Å². The molecule has 1 aliphatic carbocycles. The predicted molar refractivity (Wildman–Crippen MR) is 120 cm³/mol. The minimum Gasteiger partial charge on any atom is -0.378 e. The van der Waals surface area contributed by atoms with Crippen LogP contribution in [0.5, 0.6) is 0 Å². The summed E-state index contributed by atoms with van der Waals surface area (Å²) in [6.07, 6.45) is 0.621. The van der Waals surface area contributed by atoms with Crippen molar-refractivity contribution in [3.8, 4) is 22.3 Å². The minimum atomic E-state index is -0.454. The van der Waals surface area contributed by atoms with Crippen molar-refractivity contribution in [3.63, 3.8) is 0 Å². The normalized spacial score (nSPS) is 14.8. The number of primary amides is 1. The highest BCUT2D eigenvalue weighted by atomic mass is 35.5. The molecule has 5 rings (SSSR count). The highest BCUT2D eigenvalue weighted by molar-refractivity contribution is 6.30. The molecule has 5 nitrogen and oxygen atoms in total. The number of carbonyl (C=O) groups excluding carboxylic acids is 2. The first-order valence-electron chi connectivity index (χ1n) is 10.2. The van der Waals surface area contributed by atoms with E-state index < -0.39 is 5.91 Å². The summed E-state index contributed by atoms with van der Waals surface area (Å²) in [5, 5.41) is 0.650. The van der Waals surface area contributed by atoms with Gasteiger partial charge in [-0.15, -0.1) is 0 Å². The van der Waals surface area contributed by atoms with Crippen molar-refractivity contribution >= 4 is 23.4 Å². The van der Waals surface area contributed by atoms with Crippen molar-refractivity contribution in [1.29, 1.82) is 0 Å². The molecular formula is C25H21ClN2O3. The molecular weight excluding hydrogens is 412 g/mol. The van der Waals surface area contributed by atoms with Gasteiger partial charge < -0.3 is 15.4 Å². The van der Waals surface area contributed by atoms with Gasteiger partial charge in [0.15, 0.2) is 0 Å². The van der Waals surface area contributed by atoms with Crippen molar-refractivity contribution in [1.82, 2.24) is 4.90 Å².